The van der Waals surface area contributed by atoms with Crippen LogP contribution in [-0.4, -0.2) is 46.4 Å². The van der Waals surface area contributed by atoms with E-state index in [4.69, 9.17) is 9.47 Å². The van der Waals surface area contributed by atoms with E-state index in [1.54, 1.807) is 0 Å². The van der Waals surface area contributed by atoms with E-state index < -0.39 is 46.7 Å². The van der Waals surface area contributed by atoms with Crippen LogP contribution in [0.25, 0.3) is 0 Å². The molecule has 0 saturated carbocycles. The predicted molar refractivity (Wildman–Crippen MR) is 105 cm³/mol. The standard InChI is InChI=1S/C19H19F3N2O7S/c1-12(24-32(27,28)16-9-7-14(29-2)8-10-16)18(26)30-11-17(25)23-13-3-5-15(6-4-13)31-19(20,21)22/h3-10,12,24H,11H2,1-2H3,(H,23,25). The van der Waals surface area contributed by atoms with Gasteiger partial charge in [0.1, 0.15) is 17.5 Å². The molecule has 9 nitrogen and oxygen atoms in total. The first-order valence-corrected chi connectivity index (χ1v) is 10.4. The van der Waals surface area contributed by atoms with Crippen molar-refractivity contribution >= 4 is 27.6 Å². The normalized spacial score (nSPS) is 12.5. The topological polar surface area (TPSA) is 120 Å². The largest absolute Gasteiger partial charge is 0.573 e. The van der Waals surface area contributed by atoms with Crippen molar-refractivity contribution in [1.82, 2.24) is 4.72 Å². The van der Waals surface area contributed by atoms with Crippen molar-refractivity contribution in [2.24, 2.45) is 0 Å². The lowest BCUT2D eigenvalue weighted by Gasteiger charge is -2.14. The van der Waals surface area contributed by atoms with E-state index >= 15 is 0 Å². The second kappa shape index (κ2) is 10.3. The van der Waals surface area contributed by atoms with Crippen molar-refractivity contribution in [3.05, 3.63) is 48.5 Å². The van der Waals surface area contributed by atoms with Crippen LogP contribution in [0.3, 0.4) is 0 Å². The van der Waals surface area contributed by atoms with Crippen molar-refractivity contribution in [2.75, 3.05) is 19.0 Å². The molecule has 0 saturated heterocycles. The Labute approximate surface area is 181 Å². The molecule has 0 fully saturated rings. The summed E-state index contributed by atoms with van der Waals surface area (Å²) in [6.45, 7) is 0.495. The van der Waals surface area contributed by atoms with Crippen LogP contribution in [0.4, 0.5) is 18.9 Å². The first-order valence-electron chi connectivity index (χ1n) is 8.88. The number of methoxy groups -OCH3 is 1. The van der Waals surface area contributed by atoms with Crippen LogP contribution in [0, 0.1) is 0 Å². The fourth-order valence-corrected chi connectivity index (χ4v) is 3.49. The molecule has 0 aliphatic heterocycles. The van der Waals surface area contributed by atoms with E-state index in [-0.39, 0.29) is 10.6 Å². The third-order valence-electron chi connectivity index (χ3n) is 3.77. The van der Waals surface area contributed by atoms with E-state index in [9.17, 15) is 31.2 Å². The SMILES string of the molecule is COc1ccc(S(=O)(=O)NC(C)C(=O)OCC(=O)Nc2ccc(OC(F)(F)F)cc2)cc1. The predicted octanol–water partition coefficient (Wildman–Crippen LogP) is 2.44. The lowest BCUT2D eigenvalue weighted by atomic mass is 10.3. The molecule has 2 N–H and O–H groups in total. The minimum absolute atomic E-state index is 0.103. The smallest absolute Gasteiger partial charge is 0.497 e. The summed E-state index contributed by atoms with van der Waals surface area (Å²) in [7, 11) is -2.61. The fraction of sp³-hybridized carbons (Fsp3) is 0.263. The molecule has 0 aromatic heterocycles. The zero-order chi connectivity index (χ0) is 23.9. The number of sulfonamides is 1. The molecule has 13 heteroatoms. The van der Waals surface area contributed by atoms with E-state index in [0.29, 0.717) is 5.75 Å². The number of amides is 1. The number of hydrogen-bond donors (Lipinski definition) is 2. The van der Waals surface area contributed by atoms with Gasteiger partial charge in [-0.3, -0.25) is 9.59 Å². The number of halogens is 3. The lowest BCUT2D eigenvalue weighted by molar-refractivity contribution is -0.274. The van der Waals surface area contributed by atoms with Gasteiger partial charge in [-0.1, -0.05) is 0 Å². The molecule has 0 bridgehead atoms. The molecule has 174 valence electrons. The zero-order valence-electron chi connectivity index (χ0n) is 16.8. The lowest BCUT2D eigenvalue weighted by Crippen LogP contribution is -2.40. The van der Waals surface area contributed by atoms with Gasteiger partial charge in [0.2, 0.25) is 10.0 Å². The van der Waals surface area contributed by atoms with Gasteiger partial charge in [0.05, 0.1) is 12.0 Å². The number of nitrogens with one attached hydrogen (secondary N) is 2. The Morgan fingerprint density at radius 1 is 1.00 bits per heavy atom. The number of hydrogen-bond acceptors (Lipinski definition) is 7. The summed E-state index contributed by atoms with van der Waals surface area (Å²) in [5.74, 6) is -1.82. The van der Waals surface area contributed by atoms with E-state index in [2.05, 4.69) is 14.8 Å². The summed E-state index contributed by atoms with van der Waals surface area (Å²) in [6.07, 6.45) is -4.84. The number of benzene rings is 2. The molecule has 0 heterocycles. The van der Waals surface area contributed by atoms with Crippen molar-refractivity contribution < 1.29 is 45.4 Å². The van der Waals surface area contributed by atoms with Gasteiger partial charge in [-0.2, -0.15) is 4.72 Å². The Hall–Kier alpha value is -3.32. The van der Waals surface area contributed by atoms with Crippen LogP contribution in [0.2, 0.25) is 0 Å². The highest BCUT2D eigenvalue weighted by molar-refractivity contribution is 7.89. The molecule has 1 unspecified atom stereocenters. The second-order valence-corrected chi connectivity index (χ2v) is 7.96. The van der Waals surface area contributed by atoms with E-state index in [1.807, 2.05) is 0 Å². The van der Waals surface area contributed by atoms with E-state index in [1.165, 1.54) is 38.3 Å². The monoisotopic (exact) mass is 476 g/mol. The van der Waals surface area contributed by atoms with Gasteiger partial charge in [0.25, 0.3) is 5.91 Å². The molecule has 0 aliphatic carbocycles. The Kier molecular flexibility index (Phi) is 8.05. The Bertz CT molecular complexity index is 1040. The molecule has 0 radical (unpaired) electrons. The highest BCUT2D eigenvalue weighted by Gasteiger charge is 2.31. The summed E-state index contributed by atoms with van der Waals surface area (Å²) in [5.41, 5.74) is 0.133. The number of carbonyl (C=O) groups excluding carboxylic acids is 2. The zero-order valence-corrected chi connectivity index (χ0v) is 17.6. The molecule has 0 aliphatic rings. The molecule has 0 spiro atoms. The number of carbonyl (C=O) groups is 2. The average molecular weight is 476 g/mol. The molecular formula is C19H19F3N2O7S. The van der Waals surface area contributed by atoms with Crippen molar-refractivity contribution in [3.63, 3.8) is 0 Å². The van der Waals surface area contributed by atoms with Gasteiger partial charge in [0, 0.05) is 5.69 Å². The third kappa shape index (κ3) is 7.74. The summed E-state index contributed by atoms with van der Waals surface area (Å²) in [4.78, 5) is 23.8. The summed E-state index contributed by atoms with van der Waals surface area (Å²) < 4.78 is 76.6. The van der Waals surface area contributed by atoms with Crippen molar-refractivity contribution in [1.29, 1.82) is 0 Å². The van der Waals surface area contributed by atoms with Crippen molar-refractivity contribution in [3.8, 4) is 11.5 Å². The van der Waals surface area contributed by atoms with Crippen LogP contribution < -0.4 is 19.5 Å². The average Bonchev–Trinajstić information content (AvgIpc) is 2.72. The number of ether oxygens (including phenoxy) is 3. The highest BCUT2D eigenvalue weighted by Crippen LogP contribution is 2.24. The first kappa shape index (κ1) is 24.9. The van der Waals surface area contributed by atoms with Crippen LogP contribution in [-0.2, 0) is 24.3 Å². The number of alkyl halides is 3. The number of anilines is 1. The van der Waals surface area contributed by atoms with Gasteiger partial charge >= 0.3 is 12.3 Å². The Morgan fingerprint density at radius 3 is 2.09 bits per heavy atom. The fourth-order valence-electron chi connectivity index (χ4n) is 2.30. The molecule has 1 amide bonds. The Morgan fingerprint density at radius 2 is 1.56 bits per heavy atom. The summed E-state index contributed by atoms with van der Waals surface area (Å²) in [5, 5.41) is 2.31. The maximum Gasteiger partial charge on any atom is 0.573 e. The minimum atomic E-state index is -4.84. The van der Waals surface area contributed by atoms with Crippen LogP contribution >= 0.6 is 0 Å². The van der Waals surface area contributed by atoms with Gasteiger partial charge in [-0.05, 0) is 55.5 Å². The summed E-state index contributed by atoms with van der Waals surface area (Å²) >= 11 is 0. The van der Waals surface area contributed by atoms with Gasteiger partial charge < -0.3 is 19.5 Å². The second-order valence-electron chi connectivity index (χ2n) is 6.25. The van der Waals surface area contributed by atoms with Crippen LogP contribution in [0.5, 0.6) is 11.5 Å². The molecule has 1 atom stereocenters. The highest BCUT2D eigenvalue weighted by atomic mass is 32.2. The molecule has 2 rings (SSSR count). The quantitative estimate of drug-likeness (QED) is 0.534. The maximum absolute atomic E-state index is 12.3. The molecular weight excluding hydrogens is 457 g/mol. The molecule has 2 aromatic rings. The van der Waals surface area contributed by atoms with Gasteiger partial charge in [0.15, 0.2) is 6.61 Å². The van der Waals surface area contributed by atoms with Crippen LogP contribution in [0.15, 0.2) is 53.4 Å². The third-order valence-corrected chi connectivity index (χ3v) is 5.33. The van der Waals surface area contributed by atoms with E-state index in [0.717, 1.165) is 24.3 Å². The summed E-state index contributed by atoms with van der Waals surface area (Å²) in [6, 6.07) is 8.45. The minimum Gasteiger partial charge on any atom is -0.497 e. The molecule has 2 aromatic carbocycles. The number of rotatable bonds is 9. The molecule has 32 heavy (non-hydrogen) atoms. The van der Waals surface area contributed by atoms with Crippen LogP contribution in [0.1, 0.15) is 6.92 Å². The number of esters is 1. The first-order chi connectivity index (χ1) is 14.9. The van der Waals surface area contributed by atoms with Gasteiger partial charge in [-0.15, -0.1) is 13.2 Å². The van der Waals surface area contributed by atoms with Gasteiger partial charge in [-0.25, -0.2) is 8.42 Å². The maximum atomic E-state index is 12.3. The van der Waals surface area contributed by atoms with Crippen molar-refractivity contribution in [2.45, 2.75) is 24.2 Å². The Balaban J connectivity index is 1.84.